The van der Waals surface area contributed by atoms with Crippen LogP contribution in [-0.2, 0) is 11.8 Å². The van der Waals surface area contributed by atoms with Gasteiger partial charge in [0, 0.05) is 30.4 Å². The van der Waals surface area contributed by atoms with Crippen LogP contribution in [0, 0.1) is 5.82 Å². The number of rotatable bonds is 3. The van der Waals surface area contributed by atoms with Crippen molar-refractivity contribution >= 4 is 11.8 Å². The minimum atomic E-state index is -0.453. The number of ether oxygens (including phenoxy) is 1. The van der Waals surface area contributed by atoms with Crippen LogP contribution >= 0.6 is 0 Å². The molecule has 1 atom stereocenters. The molecular weight excluding hydrogens is 299 g/mol. The molecule has 2 aromatic rings. The topological polar surface area (TPSA) is 51.5 Å². The molecule has 1 saturated heterocycles. The van der Waals surface area contributed by atoms with E-state index in [0.717, 1.165) is 6.42 Å². The number of hydrogen-bond donors (Lipinski definition) is 0. The van der Waals surface area contributed by atoms with Crippen molar-refractivity contribution in [3.63, 3.8) is 0 Å². The minimum absolute atomic E-state index is 0.156. The predicted octanol–water partition coefficient (Wildman–Crippen LogP) is 2.93. The Morgan fingerprint density at radius 2 is 2.04 bits per heavy atom. The summed E-state index contributed by atoms with van der Waals surface area (Å²) in [5, 5.41) is 0. The van der Waals surface area contributed by atoms with Crippen molar-refractivity contribution in [1.82, 2.24) is 4.57 Å². The lowest BCUT2D eigenvalue weighted by atomic mass is 10.1. The Hall–Kier alpha value is -2.63. The molecule has 0 unspecified atom stereocenters. The summed E-state index contributed by atoms with van der Waals surface area (Å²) in [5.41, 5.74) is 1.30. The van der Waals surface area contributed by atoms with Gasteiger partial charge in [-0.1, -0.05) is 6.92 Å². The van der Waals surface area contributed by atoms with E-state index < -0.39 is 11.9 Å². The molecule has 2 heterocycles. The monoisotopic (exact) mass is 316 g/mol. The maximum atomic E-state index is 14.5. The third-order valence-corrected chi connectivity index (χ3v) is 3.99. The van der Waals surface area contributed by atoms with Gasteiger partial charge in [0.05, 0.1) is 12.2 Å². The lowest BCUT2D eigenvalue weighted by Gasteiger charge is -2.14. The number of carbonyl (C=O) groups excluding carboxylic acids is 1. The van der Waals surface area contributed by atoms with Gasteiger partial charge in [0.15, 0.2) is 0 Å². The van der Waals surface area contributed by atoms with Crippen LogP contribution < -0.4 is 10.5 Å². The van der Waals surface area contributed by atoms with Crippen LogP contribution in [0.3, 0.4) is 0 Å². The zero-order valence-electron chi connectivity index (χ0n) is 13.0. The van der Waals surface area contributed by atoms with E-state index in [4.69, 9.17) is 4.74 Å². The molecular formula is C17H17FN2O3. The molecule has 3 rings (SSSR count). The zero-order valence-corrected chi connectivity index (χ0v) is 13.0. The van der Waals surface area contributed by atoms with Crippen LogP contribution in [0.1, 0.15) is 13.3 Å². The van der Waals surface area contributed by atoms with Gasteiger partial charge in [-0.05, 0) is 30.7 Å². The average molecular weight is 316 g/mol. The Kier molecular flexibility index (Phi) is 3.90. The van der Waals surface area contributed by atoms with Crippen LogP contribution in [0.15, 0.2) is 41.3 Å². The number of pyridine rings is 1. The summed E-state index contributed by atoms with van der Waals surface area (Å²) in [4.78, 5) is 24.7. The number of amides is 1. The van der Waals surface area contributed by atoms with Crippen molar-refractivity contribution in [2.45, 2.75) is 19.4 Å². The van der Waals surface area contributed by atoms with Crippen molar-refractivity contribution in [2.24, 2.45) is 7.05 Å². The SMILES string of the molecule is CC[C@H]1CN(c2ccc(-c3ccc(=O)n(C)c3)c(F)c2)C(=O)O1. The summed E-state index contributed by atoms with van der Waals surface area (Å²) in [6.07, 6.45) is 1.69. The first-order chi connectivity index (χ1) is 11.0. The first-order valence-corrected chi connectivity index (χ1v) is 7.44. The highest BCUT2D eigenvalue weighted by Crippen LogP contribution is 2.29. The fourth-order valence-electron chi connectivity index (χ4n) is 2.60. The molecule has 1 fully saturated rings. The van der Waals surface area contributed by atoms with E-state index in [-0.39, 0.29) is 11.7 Å². The quantitative estimate of drug-likeness (QED) is 0.875. The average Bonchev–Trinajstić information content (AvgIpc) is 2.91. The van der Waals surface area contributed by atoms with Gasteiger partial charge >= 0.3 is 6.09 Å². The summed E-state index contributed by atoms with van der Waals surface area (Å²) >= 11 is 0. The molecule has 0 bridgehead atoms. The molecule has 0 radical (unpaired) electrons. The lowest BCUT2D eigenvalue weighted by Crippen LogP contribution is -2.24. The van der Waals surface area contributed by atoms with Gasteiger partial charge in [-0.15, -0.1) is 0 Å². The van der Waals surface area contributed by atoms with Crippen LogP contribution in [0.4, 0.5) is 14.9 Å². The number of anilines is 1. The summed E-state index contributed by atoms with van der Waals surface area (Å²) in [7, 11) is 1.61. The fourth-order valence-corrected chi connectivity index (χ4v) is 2.60. The fraction of sp³-hybridized carbons (Fsp3) is 0.294. The number of halogens is 1. The maximum Gasteiger partial charge on any atom is 0.414 e. The van der Waals surface area contributed by atoms with Crippen LogP contribution in [0.5, 0.6) is 0 Å². The van der Waals surface area contributed by atoms with E-state index in [9.17, 15) is 14.0 Å². The molecule has 6 heteroatoms. The van der Waals surface area contributed by atoms with E-state index in [0.29, 0.717) is 23.4 Å². The van der Waals surface area contributed by atoms with Crippen molar-refractivity contribution in [3.05, 3.63) is 52.7 Å². The van der Waals surface area contributed by atoms with Gasteiger partial charge in [0.1, 0.15) is 11.9 Å². The molecule has 1 aromatic heterocycles. The van der Waals surface area contributed by atoms with Gasteiger partial charge < -0.3 is 9.30 Å². The number of hydrogen-bond acceptors (Lipinski definition) is 3. The highest BCUT2D eigenvalue weighted by Gasteiger charge is 2.31. The zero-order chi connectivity index (χ0) is 16.6. The van der Waals surface area contributed by atoms with Gasteiger partial charge in [-0.3, -0.25) is 9.69 Å². The molecule has 120 valence electrons. The van der Waals surface area contributed by atoms with Gasteiger partial charge in [0.2, 0.25) is 5.56 Å². The highest BCUT2D eigenvalue weighted by atomic mass is 19.1. The number of aromatic nitrogens is 1. The Balaban J connectivity index is 1.93. The third-order valence-electron chi connectivity index (χ3n) is 3.99. The van der Waals surface area contributed by atoms with E-state index in [1.165, 1.54) is 21.6 Å². The van der Waals surface area contributed by atoms with Gasteiger partial charge in [-0.25, -0.2) is 9.18 Å². The van der Waals surface area contributed by atoms with E-state index in [2.05, 4.69) is 0 Å². The highest BCUT2D eigenvalue weighted by molar-refractivity contribution is 5.90. The van der Waals surface area contributed by atoms with E-state index in [1.54, 1.807) is 31.4 Å². The molecule has 0 saturated carbocycles. The summed E-state index contributed by atoms with van der Waals surface area (Å²) in [6, 6.07) is 7.59. The summed E-state index contributed by atoms with van der Waals surface area (Å²) in [5.74, 6) is -0.450. The standard InChI is InChI=1S/C17H17FN2O3/c1-3-13-10-20(17(22)23-13)12-5-6-14(15(18)8-12)11-4-7-16(21)19(2)9-11/h4-9,13H,3,10H2,1-2H3/t13-/m0/s1. The Bertz CT molecular complexity index is 816. The first kappa shape index (κ1) is 15.3. The normalized spacial score (nSPS) is 17.4. The molecule has 1 aliphatic rings. The number of aryl methyl sites for hydroxylation is 1. The third kappa shape index (κ3) is 2.84. The first-order valence-electron chi connectivity index (χ1n) is 7.44. The number of benzene rings is 1. The predicted molar refractivity (Wildman–Crippen MR) is 85.0 cm³/mol. The number of cyclic esters (lactones) is 1. The Morgan fingerprint density at radius 3 is 2.65 bits per heavy atom. The minimum Gasteiger partial charge on any atom is -0.444 e. The largest absolute Gasteiger partial charge is 0.444 e. The molecule has 1 amide bonds. The van der Waals surface area contributed by atoms with Gasteiger partial charge in [0.25, 0.3) is 0 Å². The second kappa shape index (κ2) is 5.87. The molecule has 1 aliphatic heterocycles. The van der Waals surface area contributed by atoms with Crippen LogP contribution in [0.25, 0.3) is 11.1 Å². The second-order valence-corrected chi connectivity index (χ2v) is 5.56. The maximum absolute atomic E-state index is 14.5. The van der Waals surface area contributed by atoms with Crippen LogP contribution in [0.2, 0.25) is 0 Å². The molecule has 0 aliphatic carbocycles. The molecule has 0 spiro atoms. The molecule has 23 heavy (non-hydrogen) atoms. The Labute approximate surface area is 132 Å². The second-order valence-electron chi connectivity index (χ2n) is 5.56. The van der Waals surface area contributed by atoms with Crippen molar-refractivity contribution in [2.75, 3.05) is 11.4 Å². The molecule has 0 N–H and O–H groups in total. The van der Waals surface area contributed by atoms with Gasteiger partial charge in [-0.2, -0.15) is 0 Å². The molecule has 5 nitrogen and oxygen atoms in total. The van der Waals surface area contributed by atoms with Crippen molar-refractivity contribution in [3.8, 4) is 11.1 Å². The smallest absolute Gasteiger partial charge is 0.414 e. The van der Waals surface area contributed by atoms with Crippen molar-refractivity contribution < 1.29 is 13.9 Å². The molecule has 1 aromatic carbocycles. The number of nitrogens with zero attached hydrogens (tertiary/aromatic N) is 2. The number of carbonyl (C=O) groups is 1. The van der Waals surface area contributed by atoms with E-state index in [1.807, 2.05) is 6.92 Å². The summed E-state index contributed by atoms with van der Waals surface area (Å²) < 4.78 is 21.0. The summed E-state index contributed by atoms with van der Waals surface area (Å²) in [6.45, 7) is 2.36. The Morgan fingerprint density at radius 1 is 1.26 bits per heavy atom. The lowest BCUT2D eigenvalue weighted by molar-refractivity contribution is 0.139. The van der Waals surface area contributed by atoms with Crippen LogP contribution in [-0.4, -0.2) is 23.3 Å². The van der Waals surface area contributed by atoms with E-state index >= 15 is 0 Å². The van der Waals surface area contributed by atoms with Crippen molar-refractivity contribution in [1.29, 1.82) is 0 Å².